The van der Waals surface area contributed by atoms with Crippen LogP contribution in [0.15, 0.2) is 54.9 Å². The van der Waals surface area contributed by atoms with Gasteiger partial charge in [0.15, 0.2) is 12.4 Å². The average Bonchev–Trinajstić information content (AvgIpc) is 3.08. The molecule has 26 heavy (non-hydrogen) atoms. The summed E-state index contributed by atoms with van der Waals surface area (Å²) in [7, 11) is 0. The van der Waals surface area contributed by atoms with E-state index < -0.39 is 0 Å². The first-order chi connectivity index (χ1) is 12.6. The van der Waals surface area contributed by atoms with Crippen molar-refractivity contribution in [3.05, 3.63) is 71.7 Å². The Bertz CT molecular complexity index is 854. The third-order valence-corrected chi connectivity index (χ3v) is 3.99. The zero-order valence-corrected chi connectivity index (χ0v) is 15.0. The Morgan fingerprint density at radius 2 is 1.92 bits per heavy atom. The summed E-state index contributed by atoms with van der Waals surface area (Å²) >= 11 is 0. The molecule has 134 valence electrons. The number of nitrogens with one attached hydrogen (secondary N) is 1. The highest BCUT2D eigenvalue weighted by Gasteiger charge is 2.09. The van der Waals surface area contributed by atoms with Crippen molar-refractivity contribution in [1.82, 2.24) is 14.8 Å². The molecule has 0 saturated heterocycles. The quantitative estimate of drug-likeness (QED) is 0.711. The molecule has 6 nitrogen and oxygen atoms in total. The van der Waals surface area contributed by atoms with Gasteiger partial charge in [-0.1, -0.05) is 24.3 Å². The van der Waals surface area contributed by atoms with Crippen molar-refractivity contribution in [2.75, 3.05) is 11.9 Å². The van der Waals surface area contributed by atoms with Crippen LogP contribution in [0.5, 0.6) is 5.75 Å². The second-order valence-corrected chi connectivity index (χ2v) is 6.09. The van der Waals surface area contributed by atoms with Crippen LogP contribution >= 0.6 is 0 Å². The number of benzene rings is 1. The largest absolute Gasteiger partial charge is 0.483 e. The van der Waals surface area contributed by atoms with Crippen molar-refractivity contribution >= 4 is 11.7 Å². The molecule has 0 aliphatic rings. The molecule has 0 radical (unpaired) electrons. The molecule has 0 atom stereocenters. The van der Waals surface area contributed by atoms with Crippen LogP contribution in [0.25, 0.3) is 0 Å². The van der Waals surface area contributed by atoms with Gasteiger partial charge in [-0.25, -0.2) is 0 Å². The van der Waals surface area contributed by atoms with Crippen molar-refractivity contribution in [1.29, 1.82) is 0 Å². The molecule has 0 aliphatic heterocycles. The van der Waals surface area contributed by atoms with E-state index in [4.69, 9.17) is 4.74 Å². The fourth-order valence-electron chi connectivity index (χ4n) is 2.67. The molecule has 6 heteroatoms. The second kappa shape index (κ2) is 8.29. The Hall–Kier alpha value is -3.15. The number of carbonyl (C=O) groups excluding carboxylic acids is 1. The molecule has 2 aromatic heterocycles. The Kier molecular flexibility index (Phi) is 5.63. The maximum atomic E-state index is 12.1. The number of hydrogen-bond donors (Lipinski definition) is 1. The molecular weight excluding hydrogens is 328 g/mol. The van der Waals surface area contributed by atoms with Crippen LogP contribution in [-0.4, -0.2) is 27.3 Å². The van der Waals surface area contributed by atoms with Crippen LogP contribution in [0.3, 0.4) is 0 Å². The Morgan fingerprint density at radius 1 is 1.12 bits per heavy atom. The van der Waals surface area contributed by atoms with Crippen LogP contribution < -0.4 is 10.1 Å². The summed E-state index contributed by atoms with van der Waals surface area (Å²) in [5.74, 6) is 1.03. The van der Waals surface area contributed by atoms with E-state index in [2.05, 4.69) is 15.4 Å². The summed E-state index contributed by atoms with van der Waals surface area (Å²) in [6.07, 6.45) is 4.40. The molecule has 0 saturated carbocycles. The number of aromatic nitrogens is 3. The highest BCUT2D eigenvalue weighted by atomic mass is 16.5. The van der Waals surface area contributed by atoms with Crippen LogP contribution in [0.2, 0.25) is 0 Å². The summed E-state index contributed by atoms with van der Waals surface area (Å²) in [5.41, 5.74) is 3.03. The average molecular weight is 350 g/mol. The van der Waals surface area contributed by atoms with Crippen molar-refractivity contribution in [3.63, 3.8) is 0 Å². The fraction of sp³-hybridized carbons (Fsp3) is 0.250. The van der Waals surface area contributed by atoms with Crippen molar-refractivity contribution in [3.8, 4) is 5.75 Å². The van der Waals surface area contributed by atoms with E-state index >= 15 is 0 Å². The highest BCUT2D eigenvalue weighted by molar-refractivity contribution is 5.90. The lowest BCUT2D eigenvalue weighted by Crippen LogP contribution is -2.21. The van der Waals surface area contributed by atoms with Gasteiger partial charge in [-0.15, -0.1) is 0 Å². The number of hydrogen-bond acceptors (Lipinski definition) is 4. The van der Waals surface area contributed by atoms with Gasteiger partial charge in [0.25, 0.3) is 5.91 Å². The first kappa shape index (κ1) is 17.7. The van der Waals surface area contributed by atoms with E-state index in [1.807, 2.05) is 56.4 Å². The van der Waals surface area contributed by atoms with E-state index in [1.54, 1.807) is 16.9 Å². The van der Waals surface area contributed by atoms with Crippen LogP contribution in [0.1, 0.15) is 16.8 Å². The van der Waals surface area contributed by atoms with Gasteiger partial charge in [-0.2, -0.15) is 5.10 Å². The highest BCUT2D eigenvalue weighted by Crippen LogP contribution is 2.22. The maximum Gasteiger partial charge on any atom is 0.263 e. The van der Waals surface area contributed by atoms with E-state index in [0.717, 1.165) is 29.0 Å². The molecule has 1 amide bonds. The zero-order valence-electron chi connectivity index (χ0n) is 15.0. The van der Waals surface area contributed by atoms with Crippen LogP contribution in [-0.2, 0) is 17.8 Å². The molecule has 2 heterocycles. The van der Waals surface area contributed by atoms with Gasteiger partial charge in [-0.05, 0) is 37.1 Å². The number of pyridine rings is 1. The van der Waals surface area contributed by atoms with Gasteiger partial charge < -0.3 is 10.1 Å². The lowest BCUT2D eigenvalue weighted by molar-refractivity contribution is -0.118. The fourth-order valence-corrected chi connectivity index (χ4v) is 2.67. The molecule has 3 aromatic rings. The van der Waals surface area contributed by atoms with E-state index in [9.17, 15) is 4.79 Å². The predicted molar refractivity (Wildman–Crippen MR) is 100 cm³/mol. The molecule has 3 rings (SSSR count). The SMILES string of the molecule is Cc1cccc(C)c1OCC(=O)Nc1ccn(CCc2ccccn2)n1. The minimum absolute atomic E-state index is 0.0491. The number of ether oxygens (including phenoxy) is 1. The molecule has 0 aliphatic carbocycles. The van der Waals surface area contributed by atoms with Crippen LogP contribution in [0, 0.1) is 13.8 Å². The normalized spacial score (nSPS) is 10.5. The van der Waals surface area contributed by atoms with Crippen molar-refractivity contribution < 1.29 is 9.53 Å². The lowest BCUT2D eigenvalue weighted by Gasteiger charge is -2.11. The molecule has 0 spiro atoms. The minimum Gasteiger partial charge on any atom is -0.483 e. The second-order valence-electron chi connectivity index (χ2n) is 6.09. The summed E-state index contributed by atoms with van der Waals surface area (Å²) in [5, 5.41) is 7.11. The zero-order chi connectivity index (χ0) is 18.4. The summed E-state index contributed by atoms with van der Waals surface area (Å²) < 4.78 is 7.45. The molecule has 0 bridgehead atoms. The van der Waals surface area contributed by atoms with E-state index in [-0.39, 0.29) is 12.5 Å². The summed E-state index contributed by atoms with van der Waals surface area (Å²) in [4.78, 5) is 16.4. The smallest absolute Gasteiger partial charge is 0.263 e. The number of amides is 1. The topological polar surface area (TPSA) is 69.0 Å². The maximum absolute atomic E-state index is 12.1. The number of anilines is 1. The van der Waals surface area contributed by atoms with Crippen molar-refractivity contribution in [2.24, 2.45) is 0 Å². The number of carbonyl (C=O) groups is 1. The number of para-hydroxylation sites is 1. The first-order valence-corrected chi connectivity index (χ1v) is 8.54. The summed E-state index contributed by atoms with van der Waals surface area (Å²) in [6, 6.07) is 13.5. The first-order valence-electron chi connectivity index (χ1n) is 8.54. The summed E-state index contributed by atoms with van der Waals surface area (Å²) in [6.45, 7) is 4.57. The number of aryl methyl sites for hydroxylation is 4. The van der Waals surface area contributed by atoms with Gasteiger partial charge in [0.05, 0.1) is 0 Å². The van der Waals surface area contributed by atoms with Gasteiger partial charge >= 0.3 is 0 Å². The predicted octanol–water partition coefficient (Wildman–Crippen LogP) is 3.16. The minimum atomic E-state index is -0.234. The standard InChI is InChI=1S/C20H22N4O2/c1-15-6-5-7-16(2)20(15)26-14-19(25)22-18-10-13-24(23-18)12-9-17-8-3-4-11-21-17/h3-8,10-11,13H,9,12,14H2,1-2H3,(H,22,23,25). The van der Waals surface area contributed by atoms with Crippen molar-refractivity contribution in [2.45, 2.75) is 26.8 Å². The molecule has 0 unspecified atom stereocenters. The van der Waals surface area contributed by atoms with Crippen LogP contribution in [0.4, 0.5) is 5.82 Å². The van der Waals surface area contributed by atoms with Gasteiger partial charge in [0.2, 0.25) is 0 Å². The van der Waals surface area contributed by atoms with E-state index in [0.29, 0.717) is 12.4 Å². The Balaban J connectivity index is 1.50. The molecule has 0 fully saturated rings. The Labute approximate surface area is 152 Å². The third kappa shape index (κ3) is 4.69. The van der Waals surface area contributed by atoms with Gasteiger partial charge in [-0.3, -0.25) is 14.5 Å². The molecule has 1 aromatic carbocycles. The third-order valence-electron chi connectivity index (χ3n) is 3.99. The number of rotatable bonds is 7. The van der Waals surface area contributed by atoms with Gasteiger partial charge in [0, 0.05) is 37.1 Å². The Morgan fingerprint density at radius 3 is 2.65 bits per heavy atom. The van der Waals surface area contributed by atoms with E-state index in [1.165, 1.54) is 0 Å². The molecular formula is C20H22N4O2. The lowest BCUT2D eigenvalue weighted by atomic mass is 10.1. The van der Waals surface area contributed by atoms with Gasteiger partial charge in [0.1, 0.15) is 5.75 Å². The number of nitrogens with zero attached hydrogens (tertiary/aromatic N) is 3. The molecule has 1 N–H and O–H groups in total. The monoisotopic (exact) mass is 350 g/mol.